The molecule has 0 aliphatic carbocycles. The maximum absolute atomic E-state index is 14.4. The smallest absolute Gasteiger partial charge is 0.266 e. The number of hydrogen-bond acceptors (Lipinski definition) is 7. The summed E-state index contributed by atoms with van der Waals surface area (Å²) < 4.78 is 13.2. The number of azide groups is 1. The van der Waals surface area contributed by atoms with Crippen molar-refractivity contribution in [3.05, 3.63) is 110 Å². The molecule has 5 rings (SSSR count). The molecule has 2 atom stereocenters. The van der Waals surface area contributed by atoms with Crippen LogP contribution in [0.1, 0.15) is 47.6 Å². The molecular formula is C31H33BrN6O4. The second-order valence-electron chi connectivity index (χ2n) is 10.3. The van der Waals surface area contributed by atoms with Gasteiger partial charge in [0.15, 0.2) is 11.6 Å². The van der Waals surface area contributed by atoms with Crippen LogP contribution < -0.4 is 10.2 Å². The van der Waals surface area contributed by atoms with E-state index in [0.717, 1.165) is 47.1 Å². The fourth-order valence-electron chi connectivity index (χ4n) is 5.27. The van der Waals surface area contributed by atoms with Crippen LogP contribution in [-0.4, -0.2) is 53.8 Å². The Kier molecular flexibility index (Phi) is 9.76. The minimum absolute atomic E-state index is 0.0632. The molecular weight excluding hydrogens is 600 g/mol. The van der Waals surface area contributed by atoms with Gasteiger partial charge in [-0.25, -0.2) is 10.0 Å². The second-order valence-corrected chi connectivity index (χ2v) is 11.2. The third kappa shape index (κ3) is 6.77. The molecule has 0 bridgehead atoms. The Bertz CT molecular complexity index is 1450. The number of amides is 1. The Labute approximate surface area is 253 Å². The fourth-order valence-corrected chi connectivity index (χ4v) is 5.54. The number of nitrogens with zero attached hydrogens (tertiary/aromatic N) is 5. The van der Waals surface area contributed by atoms with Crippen molar-refractivity contribution in [3.8, 4) is 5.75 Å². The Hall–Kier alpha value is -3.89. The molecule has 0 spiro atoms. The predicted molar refractivity (Wildman–Crippen MR) is 163 cm³/mol. The Morgan fingerprint density at radius 1 is 1.12 bits per heavy atom. The van der Waals surface area contributed by atoms with E-state index in [1.54, 1.807) is 0 Å². The number of carbonyl (C=O) groups excluding carboxylic acids is 1. The Balaban J connectivity index is 1.59. The number of benzene rings is 3. The molecule has 2 heterocycles. The molecule has 1 amide bonds. The van der Waals surface area contributed by atoms with E-state index in [1.807, 2.05) is 77.8 Å². The van der Waals surface area contributed by atoms with Gasteiger partial charge in [0.25, 0.3) is 5.91 Å². The maximum atomic E-state index is 14.4. The molecule has 1 fully saturated rings. The van der Waals surface area contributed by atoms with Gasteiger partial charge in [0.05, 0.1) is 13.2 Å². The molecule has 3 aromatic carbocycles. The molecule has 2 aliphatic heterocycles. The lowest BCUT2D eigenvalue weighted by atomic mass is 9.81. The minimum Gasteiger partial charge on any atom is -0.494 e. The summed E-state index contributed by atoms with van der Waals surface area (Å²) in [6, 6.07) is 22.7. The van der Waals surface area contributed by atoms with Crippen molar-refractivity contribution in [1.82, 2.24) is 10.4 Å². The average molecular weight is 634 g/mol. The van der Waals surface area contributed by atoms with Crippen molar-refractivity contribution in [2.75, 3.05) is 26.3 Å². The van der Waals surface area contributed by atoms with Gasteiger partial charge in [-0.1, -0.05) is 57.4 Å². The van der Waals surface area contributed by atoms with Gasteiger partial charge in [-0.3, -0.25) is 10.2 Å². The monoisotopic (exact) mass is 632 g/mol. The molecule has 2 aliphatic rings. The molecule has 218 valence electrons. The summed E-state index contributed by atoms with van der Waals surface area (Å²) in [5.74, 6) is 0.768. The lowest BCUT2D eigenvalue weighted by molar-refractivity contribution is -0.133. The van der Waals surface area contributed by atoms with Crippen LogP contribution in [0.3, 0.4) is 0 Å². The van der Waals surface area contributed by atoms with Crippen LogP contribution in [0, 0.1) is 0 Å². The first-order valence-corrected chi connectivity index (χ1v) is 14.8. The van der Waals surface area contributed by atoms with Crippen molar-refractivity contribution in [2.24, 2.45) is 10.1 Å². The van der Waals surface area contributed by atoms with Gasteiger partial charge in [-0.2, -0.15) is 0 Å². The maximum Gasteiger partial charge on any atom is 0.266 e. The van der Waals surface area contributed by atoms with Gasteiger partial charge >= 0.3 is 0 Å². The number of hydrazine groups is 1. The van der Waals surface area contributed by atoms with Gasteiger partial charge in [0, 0.05) is 47.5 Å². The molecule has 1 saturated heterocycles. The predicted octanol–water partition coefficient (Wildman–Crippen LogP) is 5.65. The van der Waals surface area contributed by atoms with Crippen LogP contribution in [0.25, 0.3) is 10.4 Å². The molecule has 0 aromatic heterocycles. The molecule has 0 saturated carbocycles. The van der Waals surface area contributed by atoms with Crippen molar-refractivity contribution in [1.29, 1.82) is 0 Å². The highest BCUT2D eigenvalue weighted by atomic mass is 79.9. The van der Waals surface area contributed by atoms with Gasteiger partial charge in [-0.15, -0.1) is 0 Å². The number of hydrogen-bond donors (Lipinski definition) is 2. The van der Waals surface area contributed by atoms with Gasteiger partial charge in [0.1, 0.15) is 5.75 Å². The van der Waals surface area contributed by atoms with E-state index in [1.165, 1.54) is 0 Å². The zero-order valence-electron chi connectivity index (χ0n) is 23.2. The highest BCUT2D eigenvalue weighted by molar-refractivity contribution is 9.10. The lowest BCUT2D eigenvalue weighted by Gasteiger charge is -2.33. The summed E-state index contributed by atoms with van der Waals surface area (Å²) >= 11 is 3.51. The van der Waals surface area contributed by atoms with Crippen LogP contribution in [0.2, 0.25) is 0 Å². The lowest BCUT2D eigenvalue weighted by Crippen LogP contribution is -2.54. The number of carbonyl (C=O) groups is 1. The van der Waals surface area contributed by atoms with Gasteiger partial charge < -0.3 is 14.6 Å². The van der Waals surface area contributed by atoms with Crippen molar-refractivity contribution in [3.63, 3.8) is 0 Å². The molecule has 42 heavy (non-hydrogen) atoms. The zero-order chi connectivity index (χ0) is 29.4. The number of nitrogens with one attached hydrogen (secondary N) is 1. The minimum atomic E-state index is -1.35. The number of aliphatic hydroxyl groups is 1. The molecule has 0 unspecified atom stereocenters. The molecule has 2 N–H and O–H groups in total. The molecule has 0 radical (unpaired) electrons. The average Bonchev–Trinajstić information content (AvgIpc) is 3.66. The van der Waals surface area contributed by atoms with Crippen LogP contribution in [0.15, 0.2) is 87.4 Å². The number of aliphatic imine (C=N–C) groups is 1. The summed E-state index contributed by atoms with van der Waals surface area (Å²) in [7, 11) is 0. The molecule has 10 nitrogen and oxygen atoms in total. The number of ether oxygens (including phenoxy) is 2. The summed E-state index contributed by atoms with van der Waals surface area (Å²) in [5.41, 5.74) is 14.0. The highest BCUT2D eigenvalue weighted by Gasteiger charge is 2.54. The standard InChI is InChI=1S/C31H33BrN6O4/c32-26-12-8-22(9-13-26)28-31(30(40)36-38-16-3-4-17-38,20-24-6-1-2-7-25(24)21-34-37-33)35-29(42-28)23-10-14-27(15-11-23)41-19-5-18-39/h1-2,6-15,28,39H,3-5,16-21H2,(H,36,40)/t28-,31-/m0/s1. The van der Waals surface area contributed by atoms with E-state index >= 15 is 0 Å². The van der Waals surface area contributed by atoms with E-state index in [2.05, 4.69) is 31.4 Å². The summed E-state index contributed by atoms with van der Waals surface area (Å²) in [6.07, 6.45) is 2.07. The molecule has 3 aromatic rings. The number of rotatable bonds is 12. The quantitative estimate of drug-likeness (QED) is 0.115. The third-order valence-electron chi connectivity index (χ3n) is 7.45. The number of aliphatic hydroxyl groups excluding tert-OH is 1. The van der Waals surface area contributed by atoms with Crippen molar-refractivity contribution in [2.45, 2.75) is 43.9 Å². The number of halogens is 1. The van der Waals surface area contributed by atoms with Crippen LogP contribution >= 0.6 is 15.9 Å². The van der Waals surface area contributed by atoms with Gasteiger partial charge in [0.2, 0.25) is 5.90 Å². The second kappa shape index (κ2) is 13.8. The zero-order valence-corrected chi connectivity index (χ0v) is 24.7. The van der Waals surface area contributed by atoms with Gasteiger partial charge in [-0.05, 0) is 71.5 Å². The van der Waals surface area contributed by atoms with Crippen molar-refractivity contribution < 1.29 is 19.4 Å². The van der Waals surface area contributed by atoms with Crippen LogP contribution in [0.5, 0.6) is 5.75 Å². The Morgan fingerprint density at radius 3 is 2.52 bits per heavy atom. The van der Waals surface area contributed by atoms with Crippen LogP contribution in [-0.2, 0) is 22.5 Å². The highest BCUT2D eigenvalue weighted by Crippen LogP contribution is 2.43. The first kappa shape index (κ1) is 29.6. The first-order valence-electron chi connectivity index (χ1n) is 14.0. The summed E-state index contributed by atoms with van der Waals surface area (Å²) in [5, 5.41) is 14.8. The summed E-state index contributed by atoms with van der Waals surface area (Å²) in [4.78, 5) is 22.4. The normalized spacial score (nSPS) is 20.0. The topological polar surface area (TPSA) is 132 Å². The fraction of sp³-hybridized carbons (Fsp3) is 0.355. The van der Waals surface area contributed by atoms with Crippen molar-refractivity contribution >= 4 is 27.7 Å². The molecule has 11 heteroatoms. The Morgan fingerprint density at radius 2 is 1.83 bits per heavy atom. The van der Waals surface area contributed by atoms with E-state index in [4.69, 9.17) is 25.1 Å². The largest absolute Gasteiger partial charge is 0.494 e. The SMILES string of the molecule is [N-]=[N+]=NCc1ccccc1C[C@]1(C(=O)NN2CCCC2)N=C(c2ccc(OCCCO)cc2)O[C@H]1c1ccc(Br)cc1. The van der Waals surface area contributed by atoms with Crippen LogP contribution in [0.4, 0.5) is 0 Å². The van der Waals surface area contributed by atoms with E-state index in [0.29, 0.717) is 30.2 Å². The third-order valence-corrected chi connectivity index (χ3v) is 7.98. The summed E-state index contributed by atoms with van der Waals surface area (Å²) in [6.45, 7) is 2.18. The van der Waals surface area contributed by atoms with E-state index < -0.39 is 11.6 Å². The van der Waals surface area contributed by atoms with E-state index in [-0.39, 0.29) is 25.5 Å². The van der Waals surface area contributed by atoms with E-state index in [9.17, 15) is 4.79 Å². The first-order chi connectivity index (χ1) is 20.5.